The largest absolute Gasteiger partial charge is 0.372 e. The van der Waals surface area contributed by atoms with Gasteiger partial charge in [-0.25, -0.2) is 0 Å². The molecule has 1 unspecified atom stereocenters. The van der Waals surface area contributed by atoms with Gasteiger partial charge in [-0.05, 0) is 45.6 Å². The molecule has 2 heterocycles. The lowest BCUT2D eigenvalue weighted by molar-refractivity contribution is 0.622. The summed E-state index contributed by atoms with van der Waals surface area (Å²) in [6, 6.07) is 30.7. The molecule has 2 N–H and O–H groups in total. The average molecular weight is 413 g/mol. The molecule has 2 aliphatic heterocycles. The van der Waals surface area contributed by atoms with Crippen molar-refractivity contribution in [3.63, 3.8) is 0 Å². The Morgan fingerprint density at radius 2 is 1.41 bits per heavy atom. The number of fused-ring (bicyclic) bond motifs is 3. The smallest absolute Gasteiger partial charge is 0.0750 e. The first-order chi connectivity index (χ1) is 15.8. The Hall–Kier alpha value is -4.04. The number of hydrogen-bond donors (Lipinski definition) is 2. The minimum absolute atomic E-state index is 0.0701. The summed E-state index contributed by atoms with van der Waals surface area (Å²) >= 11 is 0. The van der Waals surface area contributed by atoms with Gasteiger partial charge in [0.1, 0.15) is 0 Å². The summed E-state index contributed by atoms with van der Waals surface area (Å²) in [5.41, 5.74) is 9.21. The van der Waals surface area contributed by atoms with Crippen LogP contribution in [0.2, 0.25) is 0 Å². The maximum atomic E-state index is 4.31. The summed E-state index contributed by atoms with van der Waals surface area (Å²) in [5, 5.41) is 7.33. The molecule has 0 radical (unpaired) electrons. The van der Waals surface area contributed by atoms with Crippen molar-refractivity contribution in [3.8, 4) is 0 Å². The SMILES string of the molecule is C=C1/C=C\C=C/NC2=C1NC1C(=C2)C(c2ccccc2)(c2ccccc2)c2ccccc21. The normalized spacial score (nSPS) is 22.2. The van der Waals surface area contributed by atoms with Crippen LogP contribution in [0.5, 0.6) is 0 Å². The van der Waals surface area contributed by atoms with Gasteiger partial charge < -0.3 is 10.6 Å². The fraction of sp³-hybridized carbons (Fsp3) is 0.0667. The van der Waals surface area contributed by atoms with Crippen molar-refractivity contribution in [2.45, 2.75) is 11.5 Å². The predicted octanol–water partition coefficient (Wildman–Crippen LogP) is 6.05. The summed E-state index contributed by atoms with van der Waals surface area (Å²) in [6.07, 6.45) is 10.4. The molecular formula is C30H24N2. The van der Waals surface area contributed by atoms with Crippen molar-refractivity contribution < 1.29 is 0 Å². The molecule has 0 saturated heterocycles. The van der Waals surface area contributed by atoms with Crippen molar-refractivity contribution in [2.24, 2.45) is 0 Å². The van der Waals surface area contributed by atoms with E-state index in [-0.39, 0.29) is 11.5 Å². The second-order valence-electron chi connectivity index (χ2n) is 8.42. The molecule has 2 nitrogen and oxygen atoms in total. The molecule has 0 spiro atoms. The van der Waals surface area contributed by atoms with Gasteiger partial charge in [0.15, 0.2) is 0 Å². The Balaban J connectivity index is 1.70. The average Bonchev–Trinajstić information content (AvgIpc) is 3.13. The number of hydrogen-bond acceptors (Lipinski definition) is 2. The highest BCUT2D eigenvalue weighted by molar-refractivity contribution is 5.70. The van der Waals surface area contributed by atoms with Crippen molar-refractivity contribution in [1.82, 2.24) is 10.6 Å². The van der Waals surface area contributed by atoms with Gasteiger partial charge in [-0.15, -0.1) is 0 Å². The maximum absolute atomic E-state index is 4.31. The molecule has 32 heavy (non-hydrogen) atoms. The fourth-order valence-electron chi connectivity index (χ4n) is 5.44. The van der Waals surface area contributed by atoms with Crippen LogP contribution in [0.4, 0.5) is 0 Å². The topological polar surface area (TPSA) is 24.1 Å². The van der Waals surface area contributed by atoms with Crippen LogP contribution in [-0.2, 0) is 5.41 Å². The van der Waals surface area contributed by atoms with Crippen LogP contribution in [0.1, 0.15) is 28.3 Å². The molecule has 3 aromatic carbocycles. The molecule has 3 aliphatic rings. The fourth-order valence-corrected chi connectivity index (χ4v) is 5.44. The van der Waals surface area contributed by atoms with Gasteiger partial charge in [-0.2, -0.15) is 0 Å². The zero-order chi connectivity index (χ0) is 21.5. The van der Waals surface area contributed by atoms with Gasteiger partial charge >= 0.3 is 0 Å². The molecule has 154 valence electrons. The third kappa shape index (κ3) is 2.59. The van der Waals surface area contributed by atoms with Gasteiger partial charge in [-0.1, -0.05) is 104 Å². The molecule has 0 bridgehead atoms. The van der Waals surface area contributed by atoms with Crippen LogP contribution in [0.25, 0.3) is 0 Å². The van der Waals surface area contributed by atoms with Gasteiger partial charge in [-0.3, -0.25) is 0 Å². The zero-order valence-electron chi connectivity index (χ0n) is 17.8. The van der Waals surface area contributed by atoms with Crippen molar-refractivity contribution in [2.75, 3.05) is 0 Å². The standard InChI is InChI=1S/C30H24N2/c1-21-12-10-11-19-31-27-20-26-29(32-28(21)27)24-17-8-9-18-25(24)30(26,22-13-4-2-5-14-22)23-15-6-3-7-16-23/h2-20,29,31-32H,1H2/b12-10-,19-11-. The Kier molecular flexibility index (Phi) is 4.26. The number of allylic oxidation sites excluding steroid dienone is 4. The Morgan fingerprint density at radius 1 is 0.750 bits per heavy atom. The van der Waals surface area contributed by atoms with E-state index < -0.39 is 0 Å². The molecule has 0 fully saturated rings. The highest BCUT2D eigenvalue weighted by atomic mass is 15.0. The van der Waals surface area contributed by atoms with E-state index in [4.69, 9.17) is 0 Å². The molecule has 2 heteroatoms. The van der Waals surface area contributed by atoms with Crippen molar-refractivity contribution in [3.05, 3.63) is 167 Å². The lowest BCUT2D eigenvalue weighted by Gasteiger charge is -2.37. The first kappa shape index (κ1) is 18.7. The summed E-state index contributed by atoms with van der Waals surface area (Å²) in [5.74, 6) is 0. The van der Waals surface area contributed by atoms with E-state index in [2.05, 4.69) is 114 Å². The minimum atomic E-state index is -0.375. The number of dihydropyridines is 1. The monoisotopic (exact) mass is 412 g/mol. The molecule has 1 aliphatic carbocycles. The molecular weight excluding hydrogens is 388 g/mol. The van der Waals surface area contributed by atoms with E-state index in [1.54, 1.807) is 0 Å². The van der Waals surface area contributed by atoms with Crippen LogP contribution in [0.3, 0.4) is 0 Å². The van der Waals surface area contributed by atoms with E-state index in [1.807, 2.05) is 18.4 Å². The summed E-state index contributed by atoms with van der Waals surface area (Å²) in [4.78, 5) is 0. The predicted molar refractivity (Wildman–Crippen MR) is 131 cm³/mol. The number of rotatable bonds is 2. The lowest BCUT2D eigenvalue weighted by Crippen LogP contribution is -2.35. The van der Waals surface area contributed by atoms with Crippen LogP contribution >= 0.6 is 0 Å². The van der Waals surface area contributed by atoms with E-state index in [1.165, 1.54) is 27.8 Å². The number of benzene rings is 3. The molecule has 6 rings (SSSR count). The Labute approximate surface area is 189 Å². The molecule has 0 amide bonds. The van der Waals surface area contributed by atoms with Gasteiger partial charge in [0.2, 0.25) is 0 Å². The van der Waals surface area contributed by atoms with E-state index in [0.717, 1.165) is 17.0 Å². The van der Waals surface area contributed by atoms with Gasteiger partial charge in [0.25, 0.3) is 0 Å². The van der Waals surface area contributed by atoms with Crippen molar-refractivity contribution >= 4 is 0 Å². The first-order valence-corrected chi connectivity index (χ1v) is 11.0. The van der Waals surface area contributed by atoms with E-state index in [0.29, 0.717) is 0 Å². The molecule has 1 atom stereocenters. The highest BCUT2D eigenvalue weighted by Crippen LogP contribution is 2.58. The third-order valence-electron chi connectivity index (χ3n) is 6.76. The van der Waals surface area contributed by atoms with Crippen LogP contribution < -0.4 is 10.6 Å². The molecule has 0 aromatic heterocycles. The van der Waals surface area contributed by atoms with Gasteiger partial charge in [0.05, 0.1) is 22.9 Å². The zero-order valence-corrected chi connectivity index (χ0v) is 17.8. The molecule has 3 aromatic rings. The first-order valence-electron chi connectivity index (χ1n) is 11.0. The maximum Gasteiger partial charge on any atom is 0.0750 e. The van der Waals surface area contributed by atoms with Crippen molar-refractivity contribution in [1.29, 1.82) is 0 Å². The minimum Gasteiger partial charge on any atom is -0.372 e. The quantitative estimate of drug-likeness (QED) is 0.536. The van der Waals surface area contributed by atoms with E-state index >= 15 is 0 Å². The van der Waals surface area contributed by atoms with Crippen LogP contribution in [0, 0.1) is 0 Å². The summed E-state index contributed by atoms with van der Waals surface area (Å²) in [6.45, 7) is 4.31. The lowest BCUT2D eigenvalue weighted by atomic mass is 9.67. The van der Waals surface area contributed by atoms with Crippen LogP contribution in [-0.4, -0.2) is 0 Å². The second kappa shape index (κ2) is 7.28. The van der Waals surface area contributed by atoms with E-state index in [9.17, 15) is 0 Å². The van der Waals surface area contributed by atoms with Gasteiger partial charge in [0, 0.05) is 6.20 Å². The Bertz CT molecular complexity index is 1280. The third-order valence-corrected chi connectivity index (χ3v) is 6.76. The van der Waals surface area contributed by atoms with Crippen LogP contribution in [0.15, 0.2) is 145 Å². The summed E-state index contributed by atoms with van der Waals surface area (Å²) in [7, 11) is 0. The number of nitrogens with one attached hydrogen (secondary N) is 2. The molecule has 0 saturated carbocycles. The second-order valence-corrected chi connectivity index (χ2v) is 8.42. The summed E-state index contributed by atoms with van der Waals surface area (Å²) < 4.78 is 0. The highest BCUT2D eigenvalue weighted by Gasteiger charge is 2.51. The Morgan fingerprint density at radius 3 is 2.12 bits per heavy atom.